The largest absolute Gasteiger partial charge is 0.481 e. The van der Waals surface area contributed by atoms with Crippen LogP contribution >= 0.6 is 0 Å². The van der Waals surface area contributed by atoms with E-state index in [-0.39, 0.29) is 31.0 Å². The first-order valence-electron chi connectivity index (χ1n) is 8.66. The van der Waals surface area contributed by atoms with Crippen LogP contribution in [0, 0.1) is 0 Å². The number of aromatic nitrogens is 2. The summed E-state index contributed by atoms with van der Waals surface area (Å²) >= 11 is 0. The smallest absolute Gasteiger partial charge is 0.458 e. The molecule has 2 N–H and O–H groups in total. The van der Waals surface area contributed by atoms with Crippen molar-refractivity contribution < 1.29 is 24.4 Å². The Kier molecular flexibility index (Phi) is 5.85. The summed E-state index contributed by atoms with van der Waals surface area (Å²) in [5, 5.41) is 18.9. The van der Waals surface area contributed by atoms with Gasteiger partial charge in [0.25, 0.3) is 0 Å². The van der Waals surface area contributed by atoms with Crippen molar-refractivity contribution in [1.82, 2.24) is 9.55 Å². The molecule has 1 fully saturated rings. The molecule has 1 aromatic heterocycles. The highest BCUT2D eigenvalue weighted by Gasteiger charge is 2.36. The minimum Gasteiger partial charge on any atom is -0.481 e. The van der Waals surface area contributed by atoms with Crippen LogP contribution in [0.5, 0.6) is 0 Å². The number of aliphatic carboxylic acids is 1. The van der Waals surface area contributed by atoms with E-state index in [1.165, 1.54) is 0 Å². The fourth-order valence-corrected chi connectivity index (χ4v) is 3.30. The number of carboxylic acids is 1. The monoisotopic (exact) mass is 356 g/mol. The Bertz CT molecular complexity index is 764. The Morgan fingerprint density at radius 2 is 2.00 bits per heavy atom. The molecule has 2 aromatic rings. The van der Waals surface area contributed by atoms with E-state index in [4.69, 9.17) is 9.76 Å². The fraction of sp³-hybridized carbons (Fsp3) is 0.389. The van der Waals surface area contributed by atoms with Crippen LogP contribution in [-0.4, -0.2) is 44.7 Å². The highest BCUT2D eigenvalue weighted by Crippen LogP contribution is 2.31. The van der Waals surface area contributed by atoms with Crippen LogP contribution in [0.2, 0.25) is 5.82 Å². The van der Waals surface area contributed by atoms with Gasteiger partial charge in [-0.3, -0.25) is 9.59 Å². The number of carbonyl (C=O) groups is 2. The number of carboxylic acid groups (broad SMARTS) is 1. The summed E-state index contributed by atoms with van der Waals surface area (Å²) in [6.07, 6.45) is 4.08. The summed E-state index contributed by atoms with van der Waals surface area (Å²) < 4.78 is 7.13. The number of carbonyl (C=O) groups excluding carboxylic acids is 1. The van der Waals surface area contributed by atoms with E-state index in [2.05, 4.69) is 4.98 Å². The van der Waals surface area contributed by atoms with Crippen LogP contribution < -0.4 is 0 Å². The molecule has 0 amide bonds. The van der Waals surface area contributed by atoms with E-state index >= 15 is 0 Å². The summed E-state index contributed by atoms with van der Waals surface area (Å²) in [6, 6.07) is 9.62. The number of Topliss-reactive ketones (excluding diaryl/α,β-unsaturated/α-hetero) is 1. The summed E-state index contributed by atoms with van der Waals surface area (Å²) in [4.78, 5) is 27.5. The zero-order chi connectivity index (χ0) is 18.5. The summed E-state index contributed by atoms with van der Waals surface area (Å²) in [6.45, 7) is 0.173. The molecule has 0 radical (unpaired) electrons. The van der Waals surface area contributed by atoms with E-state index in [1.807, 2.05) is 30.3 Å². The lowest BCUT2D eigenvalue weighted by molar-refractivity contribution is -0.139. The number of rotatable bonds is 7. The lowest BCUT2D eigenvalue weighted by Gasteiger charge is -2.30. The predicted octanol–water partition coefficient (Wildman–Crippen LogP) is 2.01. The van der Waals surface area contributed by atoms with Gasteiger partial charge in [0.05, 0.1) is 19.1 Å². The van der Waals surface area contributed by atoms with Gasteiger partial charge in [0.15, 0.2) is 5.78 Å². The van der Waals surface area contributed by atoms with Crippen LogP contribution in [-0.2, 0) is 20.8 Å². The Labute approximate surface area is 151 Å². The molecule has 1 saturated heterocycles. The topological polar surface area (TPSA) is 102 Å². The molecule has 3 rings (SSSR count). The quantitative estimate of drug-likeness (QED) is 0.736. The number of hydrogen-bond donors (Lipinski definition) is 2. The van der Waals surface area contributed by atoms with E-state index in [0.29, 0.717) is 12.8 Å². The Hall–Kier alpha value is -2.45. The molecule has 26 heavy (non-hydrogen) atoms. The van der Waals surface area contributed by atoms with Crippen LogP contribution in [0.1, 0.15) is 25.7 Å². The molecular weight excluding hydrogens is 335 g/mol. The summed E-state index contributed by atoms with van der Waals surface area (Å²) in [7, 11) is -1.10. The third-order valence-corrected chi connectivity index (χ3v) is 4.58. The maximum absolute atomic E-state index is 12.5. The Morgan fingerprint density at radius 1 is 1.23 bits per heavy atom. The van der Waals surface area contributed by atoms with Gasteiger partial charge in [0.2, 0.25) is 0 Å². The molecule has 2 atom stereocenters. The normalized spacial score (nSPS) is 20.1. The van der Waals surface area contributed by atoms with Crippen molar-refractivity contribution in [3.63, 3.8) is 0 Å². The lowest BCUT2D eigenvalue weighted by atomic mass is 9.64. The van der Waals surface area contributed by atoms with Crippen molar-refractivity contribution in [3.05, 3.63) is 42.7 Å². The minimum atomic E-state index is -1.10. The number of ketones is 1. The molecule has 0 aliphatic carbocycles. The fourth-order valence-electron chi connectivity index (χ4n) is 3.30. The highest BCUT2D eigenvalue weighted by atomic mass is 16.5. The molecule has 2 heterocycles. The second-order valence-corrected chi connectivity index (χ2v) is 6.57. The molecule has 8 heteroatoms. The average Bonchev–Trinajstić information content (AvgIpc) is 3.05. The minimum absolute atomic E-state index is 0.0236. The number of nitrogens with zero attached hydrogens (tertiary/aromatic N) is 2. The number of hydrogen-bond acceptors (Lipinski definition) is 5. The zero-order valence-electron chi connectivity index (χ0n) is 14.3. The molecule has 1 aliphatic heterocycles. The molecule has 0 spiro atoms. The molecule has 1 aliphatic rings. The predicted molar refractivity (Wildman–Crippen MR) is 95.4 cm³/mol. The first kappa shape index (κ1) is 18.3. The number of benzene rings is 1. The van der Waals surface area contributed by atoms with Crippen molar-refractivity contribution in [2.45, 2.75) is 44.1 Å². The maximum Gasteiger partial charge on any atom is 0.458 e. The first-order valence-corrected chi connectivity index (χ1v) is 8.66. The number of imidazole rings is 1. The van der Waals surface area contributed by atoms with Crippen molar-refractivity contribution in [3.8, 4) is 11.4 Å². The molecular formula is C18H21BN2O5. The molecule has 7 nitrogen and oxygen atoms in total. The van der Waals surface area contributed by atoms with Gasteiger partial charge in [0, 0.05) is 30.2 Å². The Morgan fingerprint density at radius 3 is 2.69 bits per heavy atom. The molecule has 136 valence electrons. The van der Waals surface area contributed by atoms with Crippen LogP contribution in [0.4, 0.5) is 0 Å². The second kappa shape index (κ2) is 8.29. The van der Waals surface area contributed by atoms with Gasteiger partial charge < -0.3 is 19.4 Å². The van der Waals surface area contributed by atoms with Gasteiger partial charge in [-0.15, -0.1) is 0 Å². The highest BCUT2D eigenvalue weighted by molar-refractivity contribution is 6.45. The maximum atomic E-state index is 12.5. The summed E-state index contributed by atoms with van der Waals surface area (Å²) in [5.41, 5.74) is 0.933. The molecule has 0 unspecified atom stereocenters. The van der Waals surface area contributed by atoms with Gasteiger partial charge in [-0.05, 0) is 12.8 Å². The van der Waals surface area contributed by atoms with E-state index in [9.17, 15) is 14.6 Å². The molecule has 1 aromatic carbocycles. The van der Waals surface area contributed by atoms with Gasteiger partial charge >= 0.3 is 13.1 Å². The molecule has 0 bridgehead atoms. The third-order valence-electron chi connectivity index (χ3n) is 4.58. The zero-order valence-corrected chi connectivity index (χ0v) is 14.3. The second-order valence-electron chi connectivity index (χ2n) is 6.57. The molecule has 0 saturated carbocycles. The van der Waals surface area contributed by atoms with Crippen molar-refractivity contribution in [2.75, 3.05) is 0 Å². The van der Waals surface area contributed by atoms with Crippen molar-refractivity contribution in [2.24, 2.45) is 0 Å². The standard InChI is InChI=1S/C18H21BN2O5/c22-15(10-14-6-7-16(11-17(23)24)26-19(14)25)12-21-9-8-20-18(21)13-4-2-1-3-5-13/h1-5,8-9,14,16,25H,6-7,10-12H2,(H,23,24)/t14-,16+/m1/s1. The van der Waals surface area contributed by atoms with E-state index < -0.39 is 19.2 Å². The van der Waals surface area contributed by atoms with Gasteiger partial charge in [-0.2, -0.15) is 0 Å². The van der Waals surface area contributed by atoms with Gasteiger partial charge in [0.1, 0.15) is 5.82 Å². The third kappa shape index (κ3) is 4.59. The average molecular weight is 356 g/mol. The van der Waals surface area contributed by atoms with E-state index in [1.54, 1.807) is 17.0 Å². The lowest BCUT2D eigenvalue weighted by Crippen LogP contribution is -2.38. The van der Waals surface area contributed by atoms with E-state index in [0.717, 1.165) is 11.4 Å². The van der Waals surface area contributed by atoms with Crippen molar-refractivity contribution in [1.29, 1.82) is 0 Å². The van der Waals surface area contributed by atoms with Gasteiger partial charge in [-0.1, -0.05) is 30.3 Å². The van der Waals surface area contributed by atoms with Crippen LogP contribution in [0.3, 0.4) is 0 Å². The van der Waals surface area contributed by atoms with Crippen LogP contribution in [0.15, 0.2) is 42.7 Å². The summed E-state index contributed by atoms with van der Waals surface area (Å²) in [5.74, 6) is -0.563. The van der Waals surface area contributed by atoms with Crippen molar-refractivity contribution >= 4 is 18.9 Å². The SMILES string of the molecule is O=C(O)C[C@@H]1CC[C@H](CC(=O)Cn2ccnc2-c2ccccc2)B(O)O1. The Balaban J connectivity index is 1.57. The van der Waals surface area contributed by atoms with Gasteiger partial charge in [-0.25, -0.2) is 4.98 Å². The first-order chi connectivity index (χ1) is 12.5. The van der Waals surface area contributed by atoms with Crippen LogP contribution in [0.25, 0.3) is 11.4 Å².